The van der Waals surface area contributed by atoms with Gasteiger partial charge in [0.2, 0.25) is 11.5 Å². The molecule has 2 aromatic carbocycles. The van der Waals surface area contributed by atoms with Crippen LogP contribution in [-0.2, 0) is 0 Å². The van der Waals surface area contributed by atoms with Crippen LogP contribution in [-0.4, -0.2) is 83.2 Å². The van der Waals surface area contributed by atoms with Gasteiger partial charge < -0.3 is 38.6 Å². The minimum Gasteiger partial charge on any atom is -0.493 e. The summed E-state index contributed by atoms with van der Waals surface area (Å²) in [6.07, 6.45) is 0. The van der Waals surface area contributed by atoms with E-state index in [0.29, 0.717) is 68.3 Å². The maximum absolute atomic E-state index is 9.38. The lowest BCUT2D eigenvalue weighted by molar-refractivity contribution is 0.324. The number of ether oxygens (including phenoxy) is 6. The molecule has 16 heteroatoms. The van der Waals surface area contributed by atoms with Gasteiger partial charge in [-0.25, -0.2) is 19.9 Å². The highest BCUT2D eigenvalue weighted by molar-refractivity contribution is 7.19. The molecule has 14 nitrogen and oxygen atoms in total. The Hall–Kier alpha value is -6.10. The number of fused-ring (bicyclic) bond motifs is 2. The molecule has 0 saturated carbocycles. The van der Waals surface area contributed by atoms with E-state index >= 15 is 0 Å². The van der Waals surface area contributed by atoms with Gasteiger partial charge in [0.05, 0.1) is 53.4 Å². The fourth-order valence-corrected chi connectivity index (χ4v) is 7.72. The van der Waals surface area contributed by atoms with Gasteiger partial charge in [0.15, 0.2) is 34.6 Å². The van der Waals surface area contributed by atoms with Crippen LogP contribution in [0.5, 0.6) is 34.5 Å². The van der Waals surface area contributed by atoms with Crippen molar-refractivity contribution in [2.75, 3.05) is 73.5 Å². The van der Waals surface area contributed by atoms with Crippen LogP contribution in [0.15, 0.2) is 24.3 Å². The number of nitrogens with one attached hydrogen (secondary N) is 1. The van der Waals surface area contributed by atoms with Crippen LogP contribution in [0, 0.1) is 36.5 Å². The molecule has 4 aromatic heterocycles. The number of nitrogens with zero attached hydrogens (tertiary/aromatic N) is 7. The number of hydrogen-bond acceptors (Lipinski definition) is 16. The number of thiophene rings is 2. The standard InChI is InChI=1S/2C19H20N4O3S/c1-10-14(9-20)27-19-15(10)18(23(2)3)21-17(22-19)11-7-12(24-4)16(26-6)13(8-11)25-5;1-6-21-18-15-10(2)14(9-20)27-19(15)23-17(22-18)11-7-12(24-3)16(26-5)13(8-11)25-4/h7-8H,1-6H3;7-8H,6H2,1-5H3,(H,21,22,23). The Bertz CT molecular complexity index is 2380. The van der Waals surface area contributed by atoms with Crippen molar-refractivity contribution in [1.82, 2.24) is 19.9 Å². The van der Waals surface area contributed by atoms with E-state index in [1.165, 1.54) is 22.7 Å². The van der Waals surface area contributed by atoms with Crippen molar-refractivity contribution in [2.24, 2.45) is 0 Å². The minimum absolute atomic E-state index is 0.510. The topological polar surface area (TPSA) is 170 Å². The summed E-state index contributed by atoms with van der Waals surface area (Å²) in [7, 11) is 13.2. The van der Waals surface area contributed by atoms with Crippen molar-refractivity contribution in [3.63, 3.8) is 0 Å². The Balaban J connectivity index is 0.000000208. The SMILES string of the molecule is CCNc1nc(-c2cc(OC)c(OC)c(OC)c2)nc2sc(C#N)c(C)c12.COc1cc(-c2nc(N(C)C)c3c(C)c(C#N)sc3n2)cc(OC)c1OC. The van der Waals surface area contributed by atoms with E-state index in [9.17, 15) is 10.5 Å². The van der Waals surface area contributed by atoms with E-state index in [1.807, 2.05) is 64.0 Å². The van der Waals surface area contributed by atoms with Crippen LogP contribution < -0.4 is 38.6 Å². The van der Waals surface area contributed by atoms with E-state index in [2.05, 4.69) is 22.4 Å². The number of benzene rings is 2. The van der Waals surface area contributed by atoms with Crippen molar-refractivity contribution < 1.29 is 28.4 Å². The zero-order valence-electron chi connectivity index (χ0n) is 31.9. The molecule has 4 heterocycles. The molecule has 54 heavy (non-hydrogen) atoms. The zero-order valence-corrected chi connectivity index (χ0v) is 33.5. The fourth-order valence-electron chi connectivity index (χ4n) is 5.77. The monoisotopic (exact) mass is 768 g/mol. The lowest BCUT2D eigenvalue weighted by Crippen LogP contribution is -2.12. The summed E-state index contributed by atoms with van der Waals surface area (Å²) in [6, 6.07) is 11.7. The molecule has 0 saturated heterocycles. The van der Waals surface area contributed by atoms with Crippen LogP contribution in [0.25, 0.3) is 43.2 Å². The van der Waals surface area contributed by atoms with Gasteiger partial charge in [-0.1, -0.05) is 0 Å². The molecule has 0 spiro atoms. The van der Waals surface area contributed by atoms with Crippen molar-refractivity contribution in [3.05, 3.63) is 45.1 Å². The number of methoxy groups -OCH3 is 6. The summed E-state index contributed by atoms with van der Waals surface area (Å²) < 4.78 is 32.5. The third kappa shape index (κ3) is 7.26. The molecule has 280 valence electrons. The first-order valence-corrected chi connectivity index (χ1v) is 18.1. The molecule has 0 aliphatic heterocycles. The molecule has 0 fully saturated rings. The average molecular weight is 769 g/mol. The number of hydrogen-bond donors (Lipinski definition) is 1. The summed E-state index contributed by atoms with van der Waals surface area (Å²) in [5.41, 5.74) is 3.26. The molecule has 0 aliphatic carbocycles. The lowest BCUT2D eigenvalue weighted by atomic mass is 10.1. The Kier molecular flexibility index (Phi) is 12.1. The molecule has 0 bridgehead atoms. The second-order valence-electron chi connectivity index (χ2n) is 11.7. The number of aryl methyl sites for hydroxylation is 2. The molecule has 0 unspecified atom stereocenters. The third-order valence-electron chi connectivity index (χ3n) is 8.38. The number of nitriles is 2. The van der Waals surface area contributed by atoms with Crippen LogP contribution in [0.3, 0.4) is 0 Å². The smallest absolute Gasteiger partial charge is 0.203 e. The van der Waals surface area contributed by atoms with Gasteiger partial charge in [-0.05, 0) is 56.2 Å². The van der Waals surface area contributed by atoms with Crippen molar-refractivity contribution in [1.29, 1.82) is 10.5 Å². The first-order chi connectivity index (χ1) is 26.0. The molecular formula is C38H40N8O6S2. The van der Waals surface area contributed by atoms with Crippen molar-refractivity contribution in [3.8, 4) is 69.4 Å². The molecule has 0 amide bonds. The summed E-state index contributed by atoms with van der Waals surface area (Å²) in [4.78, 5) is 23.6. The normalized spacial score (nSPS) is 10.5. The van der Waals surface area contributed by atoms with E-state index in [0.717, 1.165) is 48.5 Å². The van der Waals surface area contributed by atoms with Gasteiger partial charge in [0, 0.05) is 31.8 Å². The van der Waals surface area contributed by atoms with Crippen LogP contribution in [0.2, 0.25) is 0 Å². The van der Waals surface area contributed by atoms with Crippen molar-refractivity contribution in [2.45, 2.75) is 20.8 Å². The van der Waals surface area contributed by atoms with Gasteiger partial charge in [0.25, 0.3) is 0 Å². The van der Waals surface area contributed by atoms with Crippen molar-refractivity contribution >= 4 is 54.7 Å². The van der Waals surface area contributed by atoms with E-state index in [4.69, 9.17) is 43.4 Å². The van der Waals surface area contributed by atoms with Crippen LogP contribution >= 0.6 is 22.7 Å². The fraction of sp³-hybridized carbons (Fsp3) is 0.316. The molecule has 0 radical (unpaired) electrons. The Labute approximate surface area is 321 Å². The van der Waals surface area contributed by atoms with Crippen LogP contribution in [0.4, 0.5) is 11.6 Å². The largest absolute Gasteiger partial charge is 0.493 e. The molecule has 1 N–H and O–H groups in total. The van der Waals surface area contributed by atoms with E-state index in [1.54, 1.807) is 42.7 Å². The van der Waals surface area contributed by atoms with Gasteiger partial charge in [-0.15, -0.1) is 22.7 Å². The summed E-state index contributed by atoms with van der Waals surface area (Å²) in [6.45, 7) is 6.55. The first kappa shape index (κ1) is 39.1. The maximum atomic E-state index is 9.38. The maximum Gasteiger partial charge on any atom is 0.203 e. The molecule has 0 aliphatic rings. The van der Waals surface area contributed by atoms with Gasteiger partial charge in [0.1, 0.15) is 43.2 Å². The summed E-state index contributed by atoms with van der Waals surface area (Å²) >= 11 is 2.73. The van der Waals surface area contributed by atoms with E-state index < -0.39 is 0 Å². The zero-order chi connectivity index (χ0) is 39.3. The average Bonchev–Trinajstić information content (AvgIpc) is 3.70. The first-order valence-electron chi connectivity index (χ1n) is 16.5. The highest BCUT2D eigenvalue weighted by atomic mass is 32.1. The predicted molar refractivity (Wildman–Crippen MR) is 212 cm³/mol. The Morgan fingerprint density at radius 3 is 1.41 bits per heavy atom. The summed E-state index contributed by atoms with van der Waals surface area (Å²) in [5.74, 6) is 5.65. The van der Waals surface area contributed by atoms with Gasteiger partial charge in [-0.2, -0.15) is 10.5 Å². The Morgan fingerprint density at radius 2 is 1.04 bits per heavy atom. The highest BCUT2D eigenvalue weighted by Crippen LogP contribution is 2.44. The number of rotatable bonds is 11. The molecular weight excluding hydrogens is 729 g/mol. The third-order valence-corrected chi connectivity index (χ3v) is 10.6. The van der Waals surface area contributed by atoms with E-state index in [-0.39, 0.29) is 0 Å². The minimum atomic E-state index is 0.510. The highest BCUT2D eigenvalue weighted by Gasteiger charge is 2.22. The number of aromatic nitrogens is 4. The van der Waals surface area contributed by atoms with Gasteiger partial charge >= 0.3 is 0 Å². The lowest BCUT2D eigenvalue weighted by Gasteiger charge is -2.16. The summed E-state index contributed by atoms with van der Waals surface area (Å²) in [5, 5.41) is 23.8. The number of anilines is 2. The molecule has 6 aromatic rings. The Morgan fingerprint density at radius 1 is 0.630 bits per heavy atom. The second kappa shape index (κ2) is 16.7. The van der Waals surface area contributed by atoms with Gasteiger partial charge in [-0.3, -0.25) is 0 Å². The second-order valence-corrected chi connectivity index (χ2v) is 13.7. The predicted octanol–water partition coefficient (Wildman–Crippen LogP) is 7.63. The molecule has 0 atom stereocenters. The van der Waals surface area contributed by atoms with Crippen LogP contribution in [0.1, 0.15) is 27.8 Å². The molecule has 6 rings (SSSR count). The quantitative estimate of drug-likeness (QED) is 0.136.